The van der Waals surface area contributed by atoms with E-state index in [1.54, 1.807) is 6.20 Å². The molecule has 70 valence electrons. The van der Waals surface area contributed by atoms with Crippen LogP contribution in [0.3, 0.4) is 0 Å². The lowest BCUT2D eigenvalue weighted by Crippen LogP contribution is -1.95. The summed E-state index contributed by atoms with van der Waals surface area (Å²) < 4.78 is 0.998. The van der Waals surface area contributed by atoms with Crippen LogP contribution in [0.5, 0.6) is 0 Å². The summed E-state index contributed by atoms with van der Waals surface area (Å²) in [7, 11) is 0. The zero-order chi connectivity index (χ0) is 9.97. The predicted molar refractivity (Wildman–Crippen MR) is 59.6 cm³/mol. The van der Waals surface area contributed by atoms with Crippen molar-refractivity contribution in [3.8, 4) is 11.3 Å². The first-order valence-corrected chi connectivity index (χ1v) is 4.90. The quantitative estimate of drug-likeness (QED) is 0.845. The second-order valence-corrected chi connectivity index (χ2v) is 3.63. The van der Waals surface area contributed by atoms with Gasteiger partial charge in [0.25, 0.3) is 0 Å². The van der Waals surface area contributed by atoms with Crippen molar-refractivity contribution >= 4 is 21.9 Å². The molecule has 4 heteroatoms. The number of nitrogens with zero attached hydrogens (tertiary/aromatic N) is 2. The van der Waals surface area contributed by atoms with E-state index in [2.05, 4.69) is 25.9 Å². The Balaban J connectivity index is 2.55. The second kappa shape index (κ2) is 3.75. The van der Waals surface area contributed by atoms with Gasteiger partial charge in [-0.3, -0.25) is 0 Å². The molecular weight excluding hydrogens is 242 g/mol. The first kappa shape index (κ1) is 9.15. The molecule has 0 bridgehead atoms. The molecule has 0 atom stereocenters. The van der Waals surface area contributed by atoms with Crippen LogP contribution in [0.2, 0.25) is 0 Å². The van der Waals surface area contributed by atoms with Crippen LogP contribution in [0, 0.1) is 0 Å². The van der Waals surface area contributed by atoms with Gasteiger partial charge in [0, 0.05) is 16.2 Å². The molecule has 0 saturated carbocycles. The molecule has 0 amide bonds. The number of anilines is 1. The number of aromatic nitrogens is 2. The molecule has 3 nitrogen and oxygen atoms in total. The van der Waals surface area contributed by atoms with Crippen molar-refractivity contribution in [3.05, 3.63) is 41.0 Å². The molecule has 0 radical (unpaired) electrons. The Hall–Kier alpha value is -1.42. The van der Waals surface area contributed by atoms with E-state index in [0.29, 0.717) is 5.95 Å². The van der Waals surface area contributed by atoms with E-state index >= 15 is 0 Å². The Bertz CT molecular complexity index is 457. The summed E-state index contributed by atoms with van der Waals surface area (Å²) in [6.45, 7) is 0. The lowest BCUT2D eigenvalue weighted by atomic mass is 10.1. The molecule has 2 N–H and O–H groups in total. The van der Waals surface area contributed by atoms with Gasteiger partial charge in [0.15, 0.2) is 0 Å². The Morgan fingerprint density at radius 2 is 1.93 bits per heavy atom. The molecular formula is C10H8BrN3. The van der Waals surface area contributed by atoms with Crippen molar-refractivity contribution in [1.82, 2.24) is 9.97 Å². The number of hydrogen-bond donors (Lipinski definition) is 1. The molecule has 0 saturated heterocycles. The van der Waals surface area contributed by atoms with Crippen LogP contribution in [-0.4, -0.2) is 9.97 Å². The summed E-state index contributed by atoms with van der Waals surface area (Å²) >= 11 is 3.46. The van der Waals surface area contributed by atoms with Crippen molar-refractivity contribution in [3.63, 3.8) is 0 Å². The van der Waals surface area contributed by atoms with E-state index in [9.17, 15) is 0 Å². The molecule has 2 aromatic rings. The molecule has 1 aromatic heterocycles. The van der Waals surface area contributed by atoms with Crippen LogP contribution in [0.1, 0.15) is 0 Å². The summed E-state index contributed by atoms with van der Waals surface area (Å²) in [6, 6.07) is 9.69. The summed E-state index contributed by atoms with van der Waals surface area (Å²) in [6.07, 6.45) is 1.65. The first-order valence-electron chi connectivity index (χ1n) is 4.11. The van der Waals surface area contributed by atoms with E-state index in [1.807, 2.05) is 30.3 Å². The third-order valence-electron chi connectivity index (χ3n) is 1.82. The Labute approximate surface area is 90.1 Å². The SMILES string of the molecule is Nc1nccc(-c2ccccc2Br)n1. The highest BCUT2D eigenvalue weighted by Gasteiger charge is 2.03. The monoisotopic (exact) mass is 249 g/mol. The number of halogens is 1. The molecule has 0 aliphatic heterocycles. The van der Waals surface area contributed by atoms with Crippen molar-refractivity contribution in [1.29, 1.82) is 0 Å². The summed E-state index contributed by atoms with van der Waals surface area (Å²) in [5.74, 6) is 0.290. The number of nitrogen functional groups attached to an aromatic ring is 1. The molecule has 1 heterocycles. The zero-order valence-electron chi connectivity index (χ0n) is 7.31. The molecule has 0 aliphatic carbocycles. The number of hydrogen-bond acceptors (Lipinski definition) is 3. The maximum Gasteiger partial charge on any atom is 0.220 e. The van der Waals surface area contributed by atoms with Gasteiger partial charge in [-0.15, -0.1) is 0 Å². The molecule has 1 aromatic carbocycles. The molecule has 0 fully saturated rings. The van der Waals surface area contributed by atoms with Gasteiger partial charge < -0.3 is 5.73 Å². The zero-order valence-corrected chi connectivity index (χ0v) is 8.90. The average Bonchev–Trinajstić information content (AvgIpc) is 2.18. The highest BCUT2D eigenvalue weighted by atomic mass is 79.9. The van der Waals surface area contributed by atoms with Gasteiger partial charge in [-0.1, -0.05) is 34.1 Å². The molecule has 0 spiro atoms. The van der Waals surface area contributed by atoms with Gasteiger partial charge in [-0.25, -0.2) is 9.97 Å². The van der Waals surface area contributed by atoms with Gasteiger partial charge >= 0.3 is 0 Å². The van der Waals surface area contributed by atoms with E-state index in [-0.39, 0.29) is 0 Å². The van der Waals surface area contributed by atoms with Gasteiger partial charge in [0.2, 0.25) is 5.95 Å². The molecule has 14 heavy (non-hydrogen) atoms. The van der Waals surface area contributed by atoms with Crippen LogP contribution in [0.4, 0.5) is 5.95 Å². The maximum atomic E-state index is 5.51. The summed E-state index contributed by atoms with van der Waals surface area (Å²) in [5, 5.41) is 0. The lowest BCUT2D eigenvalue weighted by Gasteiger charge is -2.02. The van der Waals surface area contributed by atoms with Crippen molar-refractivity contribution in [2.75, 3.05) is 5.73 Å². The van der Waals surface area contributed by atoms with Gasteiger partial charge in [0.1, 0.15) is 0 Å². The van der Waals surface area contributed by atoms with Gasteiger partial charge in [-0.2, -0.15) is 0 Å². The van der Waals surface area contributed by atoms with Crippen LogP contribution in [0.15, 0.2) is 41.0 Å². The standard InChI is InChI=1S/C10H8BrN3/c11-8-4-2-1-3-7(8)9-5-6-13-10(12)14-9/h1-6H,(H2,12,13,14). The Morgan fingerprint density at radius 1 is 1.14 bits per heavy atom. The second-order valence-electron chi connectivity index (χ2n) is 2.78. The Kier molecular flexibility index (Phi) is 2.45. The third kappa shape index (κ3) is 1.75. The van der Waals surface area contributed by atoms with Crippen molar-refractivity contribution in [2.45, 2.75) is 0 Å². The van der Waals surface area contributed by atoms with Gasteiger partial charge in [-0.05, 0) is 12.1 Å². The van der Waals surface area contributed by atoms with Crippen LogP contribution in [-0.2, 0) is 0 Å². The summed E-state index contributed by atoms with van der Waals surface area (Å²) in [5.41, 5.74) is 7.35. The minimum Gasteiger partial charge on any atom is -0.368 e. The summed E-state index contributed by atoms with van der Waals surface area (Å²) in [4.78, 5) is 7.99. The fourth-order valence-corrected chi connectivity index (χ4v) is 1.68. The highest BCUT2D eigenvalue weighted by Crippen LogP contribution is 2.25. The van der Waals surface area contributed by atoms with Crippen LogP contribution < -0.4 is 5.73 Å². The lowest BCUT2D eigenvalue weighted by molar-refractivity contribution is 1.19. The van der Waals surface area contributed by atoms with E-state index < -0.39 is 0 Å². The number of rotatable bonds is 1. The fraction of sp³-hybridized carbons (Fsp3) is 0. The Morgan fingerprint density at radius 3 is 2.64 bits per heavy atom. The van der Waals surface area contributed by atoms with E-state index in [0.717, 1.165) is 15.7 Å². The first-order chi connectivity index (χ1) is 6.77. The minimum absolute atomic E-state index is 0.290. The van der Waals surface area contributed by atoms with Crippen LogP contribution in [0.25, 0.3) is 11.3 Å². The smallest absolute Gasteiger partial charge is 0.220 e. The van der Waals surface area contributed by atoms with E-state index in [4.69, 9.17) is 5.73 Å². The largest absolute Gasteiger partial charge is 0.368 e. The maximum absolute atomic E-state index is 5.51. The molecule has 2 rings (SSSR count). The normalized spacial score (nSPS) is 10.1. The van der Waals surface area contributed by atoms with Crippen molar-refractivity contribution < 1.29 is 0 Å². The van der Waals surface area contributed by atoms with Crippen molar-refractivity contribution in [2.24, 2.45) is 0 Å². The molecule has 0 aliphatic rings. The highest BCUT2D eigenvalue weighted by molar-refractivity contribution is 9.10. The minimum atomic E-state index is 0.290. The number of nitrogens with two attached hydrogens (primary N) is 1. The van der Waals surface area contributed by atoms with Gasteiger partial charge in [0.05, 0.1) is 5.69 Å². The predicted octanol–water partition coefficient (Wildman–Crippen LogP) is 2.49. The number of benzene rings is 1. The third-order valence-corrected chi connectivity index (χ3v) is 2.52. The van der Waals surface area contributed by atoms with E-state index in [1.165, 1.54) is 0 Å². The molecule has 0 unspecified atom stereocenters. The fourth-order valence-electron chi connectivity index (χ4n) is 1.19. The van der Waals surface area contributed by atoms with Crippen LogP contribution >= 0.6 is 15.9 Å². The topological polar surface area (TPSA) is 51.8 Å². The average molecular weight is 250 g/mol.